The number of hydrogen-bond donors (Lipinski definition) is 1. The van der Waals surface area contributed by atoms with E-state index in [4.69, 9.17) is 11.6 Å². The normalized spacial score (nSPS) is 11.9. The third-order valence-electron chi connectivity index (χ3n) is 3.30. The van der Waals surface area contributed by atoms with Crippen molar-refractivity contribution in [2.24, 2.45) is 0 Å². The summed E-state index contributed by atoms with van der Waals surface area (Å²) in [5.74, 6) is 0.498. The fourth-order valence-electron chi connectivity index (χ4n) is 2.10. The quantitative estimate of drug-likeness (QED) is 0.752. The van der Waals surface area contributed by atoms with Gasteiger partial charge in [0.15, 0.2) is 0 Å². The van der Waals surface area contributed by atoms with E-state index in [1.165, 1.54) is 17.3 Å². The van der Waals surface area contributed by atoms with Crippen molar-refractivity contribution < 1.29 is 4.79 Å². The van der Waals surface area contributed by atoms with Crippen LogP contribution in [0.25, 0.3) is 0 Å². The fourth-order valence-corrected chi connectivity index (χ4v) is 2.93. The van der Waals surface area contributed by atoms with Gasteiger partial charge < -0.3 is 5.32 Å². The van der Waals surface area contributed by atoms with Crippen LogP contribution in [0.1, 0.15) is 18.9 Å². The molecule has 0 saturated heterocycles. The fraction of sp³-hybridized carbons (Fsp3) is 0.278. The molecule has 1 atom stereocenters. The molecule has 0 heterocycles. The summed E-state index contributed by atoms with van der Waals surface area (Å²) >= 11 is 7.36. The van der Waals surface area contributed by atoms with Gasteiger partial charge in [0, 0.05) is 16.0 Å². The molecule has 0 unspecified atom stereocenters. The summed E-state index contributed by atoms with van der Waals surface area (Å²) in [7, 11) is 0. The molecule has 0 bridgehead atoms. The lowest BCUT2D eigenvalue weighted by molar-refractivity contribution is -0.119. The molecule has 0 radical (unpaired) electrons. The third-order valence-corrected chi connectivity index (χ3v) is 4.56. The molecule has 2 aromatic rings. The first kappa shape index (κ1) is 16.9. The Morgan fingerprint density at radius 1 is 1.14 bits per heavy atom. The van der Waals surface area contributed by atoms with Crippen LogP contribution < -0.4 is 5.32 Å². The number of hydrogen-bond acceptors (Lipinski definition) is 2. The lowest BCUT2D eigenvalue weighted by atomic mass is 10.1. The van der Waals surface area contributed by atoms with Gasteiger partial charge in [-0.1, -0.05) is 41.9 Å². The van der Waals surface area contributed by atoms with E-state index in [-0.39, 0.29) is 11.9 Å². The van der Waals surface area contributed by atoms with Gasteiger partial charge in [-0.3, -0.25) is 4.79 Å². The molecular formula is C18H20ClNOS. The Hall–Kier alpha value is -1.45. The number of thioether (sulfide) groups is 1. The van der Waals surface area contributed by atoms with Crippen molar-refractivity contribution in [1.29, 1.82) is 0 Å². The minimum absolute atomic E-state index is 0.0699. The van der Waals surface area contributed by atoms with Crippen LogP contribution in [0, 0.1) is 0 Å². The molecule has 0 aliphatic heterocycles. The molecule has 0 saturated carbocycles. The van der Waals surface area contributed by atoms with E-state index < -0.39 is 0 Å². The Kier molecular flexibility index (Phi) is 6.81. The molecular weight excluding hydrogens is 314 g/mol. The lowest BCUT2D eigenvalue weighted by Crippen LogP contribution is -2.34. The molecule has 2 nitrogen and oxygen atoms in total. The van der Waals surface area contributed by atoms with Crippen molar-refractivity contribution >= 4 is 29.3 Å². The van der Waals surface area contributed by atoms with Gasteiger partial charge in [0.2, 0.25) is 5.91 Å². The smallest absolute Gasteiger partial charge is 0.230 e. The predicted molar refractivity (Wildman–Crippen MR) is 94.5 cm³/mol. The molecule has 4 heteroatoms. The summed E-state index contributed by atoms with van der Waals surface area (Å²) in [4.78, 5) is 13.0. The first-order chi connectivity index (χ1) is 10.6. The van der Waals surface area contributed by atoms with E-state index in [1.54, 1.807) is 0 Å². The second-order valence-corrected chi connectivity index (χ2v) is 6.72. The molecule has 0 spiro atoms. The Bertz CT molecular complexity index is 586. The second kappa shape index (κ2) is 8.86. The third kappa shape index (κ3) is 6.12. The number of halogens is 1. The average molecular weight is 334 g/mol. The maximum absolute atomic E-state index is 11.9. The lowest BCUT2D eigenvalue weighted by Gasteiger charge is -2.13. The molecule has 1 N–H and O–H groups in total. The number of rotatable bonds is 7. The molecule has 0 fully saturated rings. The van der Waals surface area contributed by atoms with Crippen molar-refractivity contribution in [2.45, 2.75) is 30.7 Å². The summed E-state index contributed by atoms with van der Waals surface area (Å²) in [6, 6.07) is 18.0. The van der Waals surface area contributed by atoms with Crippen LogP contribution in [0.2, 0.25) is 5.02 Å². The number of carbonyl (C=O) groups is 1. The number of amides is 1. The highest BCUT2D eigenvalue weighted by Crippen LogP contribution is 2.20. The molecule has 22 heavy (non-hydrogen) atoms. The summed E-state index contributed by atoms with van der Waals surface area (Å²) in [5, 5.41) is 3.76. The van der Waals surface area contributed by atoms with E-state index in [2.05, 4.69) is 17.4 Å². The average Bonchev–Trinajstić information content (AvgIpc) is 2.53. The molecule has 0 aliphatic rings. The zero-order chi connectivity index (χ0) is 15.8. The van der Waals surface area contributed by atoms with Gasteiger partial charge in [-0.25, -0.2) is 0 Å². The van der Waals surface area contributed by atoms with Crippen molar-refractivity contribution in [3.05, 3.63) is 65.2 Å². The number of aryl methyl sites for hydroxylation is 1. The topological polar surface area (TPSA) is 29.1 Å². The maximum atomic E-state index is 11.9. The highest BCUT2D eigenvalue weighted by atomic mass is 35.5. The van der Waals surface area contributed by atoms with E-state index >= 15 is 0 Å². The van der Waals surface area contributed by atoms with Crippen LogP contribution in [-0.2, 0) is 11.2 Å². The van der Waals surface area contributed by atoms with Crippen LogP contribution >= 0.6 is 23.4 Å². The Morgan fingerprint density at radius 3 is 2.50 bits per heavy atom. The monoisotopic (exact) mass is 333 g/mol. The van der Waals surface area contributed by atoms with Crippen molar-refractivity contribution in [3.63, 3.8) is 0 Å². The minimum Gasteiger partial charge on any atom is -0.353 e. The van der Waals surface area contributed by atoms with Gasteiger partial charge in [0.1, 0.15) is 0 Å². The van der Waals surface area contributed by atoms with Crippen molar-refractivity contribution in [1.82, 2.24) is 5.32 Å². The van der Waals surface area contributed by atoms with E-state index in [0.717, 1.165) is 17.7 Å². The highest BCUT2D eigenvalue weighted by Gasteiger charge is 2.08. The van der Waals surface area contributed by atoms with Crippen molar-refractivity contribution in [3.8, 4) is 0 Å². The largest absolute Gasteiger partial charge is 0.353 e. The number of benzene rings is 2. The van der Waals surface area contributed by atoms with E-state index in [1.807, 2.05) is 49.4 Å². The number of carbonyl (C=O) groups excluding carboxylic acids is 1. The summed E-state index contributed by atoms with van der Waals surface area (Å²) < 4.78 is 0. The zero-order valence-electron chi connectivity index (χ0n) is 12.6. The van der Waals surface area contributed by atoms with Crippen LogP contribution in [0.4, 0.5) is 0 Å². The SMILES string of the molecule is C[C@@H](CCc1ccccc1)NC(=O)CSc1ccc(Cl)cc1. The Labute approximate surface area is 141 Å². The minimum atomic E-state index is 0.0699. The van der Waals surface area contributed by atoms with E-state index in [0.29, 0.717) is 10.8 Å². The first-order valence-corrected chi connectivity index (χ1v) is 8.71. The van der Waals surface area contributed by atoms with Gasteiger partial charge in [0.05, 0.1) is 5.75 Å². The molecule has 1 amide bonds. The molecule has 116 valence electrons. The second-order valence-electron chi connectivity index (χ2n) is 5.24. The summed E-state index contributed by atoms with van der Waals surface area (Å²) in [6.45, 7) is 2.05. The van der Waals surface area contributed by atoms with Crippen LogP contribution in [-0.4, -0.2) is 17.7 Å². The zero-order valence-corrected chi connectivity index (χ0v) is 14.2. The molecule has 0 aromatic heterocycles. The van der Waals surface area contributed by atoms with Crippen LogP contribution in [0.5, 0.6) is 0 Å². The molecule has 0 aliphatic carbocycles. The summed E-state index contributed by atoms with van der Waals surface area (Å²) in [5.41, 5.74) is 1.30. The van der Waals surface area contributed by atoms with Gasteiger partial charge in [-0.15, -0.1) is 11.8 Å². The van der Waals surface area contributed by atoms with Gasteiger partial charge >= 0.3 is 0 Å². The molecule has 2 rings (SSSR count). The first-order valence-electron chi connectivity index (χ1n) is 7.35. The van der Waals surface area contributed by atoms with E-state index in [9.17, 15) is 4.79 Å². The predicted octanol–water partition coefficient (Wildman–Crippen LogP) is 4.57. The van der Waals surface area contributed by atoms with Crippen LogP contribution in [0.15, 0.2) is 59.5 Å². The van der Waals surface area contributed by atoms with Gasteiger partial charge in [-0.05, 0) is 49.6 Å². The Morgan fingerprint density at radius 2 is 1.82 bits per heavy atom. The van der Waals surface area contributed by atoms with Gasteiger partial charge in [0.25, 0.3) is 0 Å². The van der Waals surface area contributed by atoms with Crippen molar-refractivity contribution in [2.75, 3.05) is 5.75 Å². The van der Waals surface area contributed by atoms with Crippen LogP contribution in [0.3, 0.4) is 0 Å². The van der Waals surface area contributed by atoms with Gasteiger partial charge in [-0.2, -0.15) is 0 Å². The highest BCUT2D eigenvalue weighted by molar-refractivity contribution is 8.00. The maximum Gasteiger partial charge on any atom is 0.230 e. The standard InChI is InChI=1S/C18H20ClNOS/c1-14(7-8-15-5-3-2-4-6-15)20-18(21)13-22-17-11-9-16(19)10-12-17/h2-6,9-12,14H,7-8,13H2,1H3,(H,20,21)/t14-/m0/s1. The number of nitrogens with one attached hydrogen (secondary N) is 1. The summed E-state index contributed by atoms with van der Waals surface area (Å²) in [6.07, 6.45) is 1.92. The Balaban J connectivity index is 1.68. The molecule has 2 aromatic carbocycles.